The van der Waals surface area contributed by atoms with Crippen LogP contribution in [0.25, 0.3) is 0 Å². The fourth-order valence-corrected chi connectivity index (χ4v) is 0.990. The van der Waals surface area contributed by atoms with Crippen molar-refractivity contribution in [3.8, 4) is 0 Å². The number of hydrogen-bond donors (Lipinski definition) is 1. The van der Waals surface area contributed by atoms with Crippen molar-refractivity contribution >= 4 is 0 Å². The summed E-state index contributed by atoms with van der Waals surface area (Å²) in [5.74, 6) is 0.841. The Morgan fingerprint density at radius 3 is 2.92 bits per heavy atom. The van der Waals surface area contributed by atoms with Crippen LogP contribution in [0.3, 0.4) is 0 Å². The maximum absolute atomic E-state index is 4.17. The summed E-state index contributed by atoms with van der Waals surface area (Å²) in [6.07, 6.45) is 3.98. The summed E-state index contributed by atoms with van der Waals surface area (Å²) >= 11 is 0. The maximum Gasteiger partial charge on any atom is 0.137 e. The standard InChI is InChI=1S/C8H8N4/c1-2-4-9-7(3-1)5-8-10-6-11-12-8/h1-4,6H,5H2,(H,10,11,12). The molecule has 0 aliphatic carbocycles. The van der Waals surface area contributed by atoms with Gasteiger partial charge in [0.1, 0.15) is 12.2 Å². The van der Waals surface area contributed by atoms with Gasteiger partial charge in [-0.05, 0) is 12.1 Å². The lowest BCUT2D eigenvalue weighted by Crippen LogP contribution is -1.92. The molecule has 2 rings (SSSR count). The van der Waals surface area contributed by atoms with Gasteiger partial charge in [-0.15, -0.1) is 0 Å². The van der Waals surface area contributed by atoms with E-state index in [-0.39, 0.29) is 0 Å². The van der Waals surface area contributed by atoms with Crippen molar-refractivity contribution in [3.05, 3.63) is 42.2 Å². The Morgan fingerprint density at radius 2 is 2.25 bits per heavy atom. The lowest BCUT2D eigenvalue weighted by atomic mass is 10.3. The van der Waals surface area contributed by atoms with Gasteiger partial charge in [0, 0.05) is 18.3 Å². The fraction of sp³-hybridized carbons (Fsp3) is 0.125. The van der Waals surface area contributed by atoms with E-state index in [4.69, 9.17) is 0 Å². The molecule has 0 radical (unpaired) electrons. The first-order valence-electron chi connectivity index (χ1n) is 3.69. The van der Waals surface area contributed by atoms with E-state index in [1.165, 1.54) is 6.33 Å². The molecule has 2 aromatic rings. The Balaban J connectivity index is 2.15. The van der Waals surface area contributed by atoms with Crippen LogP contribution < -0.4 is 0 Å². The topological polar surface area (TPSA) is 54.5 Å². The van der Waals surface area contributed by atoms with Crippen LogP contribution in [0, 0.1) is 0 Å². The second kappa shape index (κ2) is 3.13. The molecular formula is C8H8N4. The Labute approximate surface area is 69.7 Å². The van der Waals surface area contributed by atoms with Crippen molar-refractivity contribution in [2.24, 2.45) is 0 Å². The van der Waals surface area contributed by atoms with Crippen molar-refractivity contribution in [1.82, 2.24) is 20.2 Å². The van der Waals surface area contributed by atoms with E-state index >= 15 is 0 Å². The highest BCUT2D eigenvalue weighted by Gasteiger charge is 1.97. The summed E-state index contributed by atoms with van der Waals surface area (Å²) in [4.78, 5) is 8.17. The van der Waals surface area contributed by atoms with Crippen LogP contribution >= 0.6 is 0 Å². The average Bonchev–Trinajstić information content (AvgIpc) is 2.59. The molecule has 0 saturated heterocycles. The summed E-state index contributed by atoms with van der Waals surface area (Å²) in [5.41, 5.74) is 0.995. The van der Waals surface area contributed by atoms with Gasteiger partial charge >= 0.3 is 0 Å². The molecule has 1 N–H and O–H groups in total. The van der Waals surface area contributed by atoms with Crippen molar-refractivity contribution in [2.75, 3.05) is 0 Å². The number of rotatable bonds is 2. The summed E-state index contributed by atoms with van der Waals surface area (Å²) in [7, 11) is 0. The number of aromatic amines is 1. The summed E-state index contributed by atoms with van der Waals surface area (Å²) < 4.78 is 0. The zero-order valence-corrected chi connectivity index (χ0v) is 6.44. The molecule has 0 unspecified atom stereocenters. The first-order valence-corrected chi connectivity index (χ1v) is 3.69. The third-order valence-corrected chi connectivity index (χ3v) is 1.54. The van der Waals surface area contributed by atoms with Crippen LogP contribution in [-0.2, 0) is 6.42 Å². The van der Waals surface area contributed by atoms with Crippen molar-refractivity contribution in [1.29, 1.82) is 0 Å². The van der Waals surface area contributed by atoms with E-state index in [1.54, 1.807) is 6.20 Å². The third-order valence-electron chi connectivity index (χ3n) is 1.54. The molecule has 0 aliphatic heterocycles. The molecule has 2 aromatic heterocycles. The van der Waals surface area contributed by atoms with Gasteiger partial charge in [0.25, 0.3) is 0 Å². The van der Waals surface area contributed by atoms with Gasteiger partial charge in [-0.3, -0.25) is 10.1 Å². The maximum atomic E-state index is 4.17. The SMILES string of the molecule is c1ccc(Cc2ncn[nH]2)nc1. The number of pyridine rings is 1. The minimum Gasteiger partial charge on any atom is -0.263 e. The quantitative estimate of drug-likeness (QED) is 0.706. The molecule has 0 spiro atoms. The molecule has 12 heavy (non-hydrogen) atoms. The highest BCUT2D eigenvalue weighted by atomic mass is 15.2. The van der Waals surface area contributed by atoms with Crippen molar-refractivity contribution < 1.29 is 0 Å². The molecule has 0 saturated carbocycles. The fourth-order valence-electron chi connectivity index (χ4n) is 0.990. The minimum atomic E-state index is 0.709. The molecule has 60 valence electrons. The normalized spacial score (nSPS) is 10.0. The van der Waals surface area contributed by atoms with Crippen LogP contribution in [0.15, 0.2) is 30.7 Å². The zero-order valence-electron chi connectivity index (χ0n) is 6.44. The van der Waals surface area contributed by atoms with E-state index in [9.17, 15) is 0 Å². The highest BCUT2D eigenvalue weighted by Crippen LogP contribution is 1.99. The largest absolute Gasteiger partial charge is 0.263 e. The zero-order chi connectivity index (χ0) is 8.23. The van der Waals surface area contributed by atoms with Gasteiger partial charge < -0.3 is 0 Å². The number of H-pyrrole nitrogens is 1. The molecule has 0 aliphatic rings. The number of hydrogen-bond acceptors (Lipinski definition) is 3. The number of aromatic nitrogens is 4. The molecule has 0 fully saturated rings. The summed E-state index contributed by atoms with van der Waals surface area (Å²) in [6.45, 7) is 0. The van der Waals surface area contributed by atoms with Gasteiger partial charge in [-0.2, -0.15) is 5.10 Å². The van der Waals surface area contributed by atoms with Crippen molar-refractivity contribution in [3.63, 3.8) is 0 Å². The first-order chi connectivity index (χ1) is 5.95. The summed E-state index contributed by atoms with van der Waals surface area (Å²) in [5, 5.41) is 6.54. The molecule has 0 amide bonds. The van der Waals surface area contributed by atoms with Crippen LogP contribution in [0.2, 0.25) is 0 Å². The lowest BCUT2D eigenvalue weighted by Gasteiger charge is -1.93. The smallest absolute Gasteiger partial charge is 0.137 e. The Kier molecular flexibility index (Phi) is 1.82. The van der Waals surface area contributed by atoms with Crippen LogP contribution in [-0.4, -0.2) is 20.2 Å². The number of nitrogens with one attached hydrogen (secondary N) is 1. The van der Waals surface area contributed by atoms with Gasteiger partial charge in [-0.25, -0.2) is 4.98 Å². The predicted molar refractivity (Wildman–Crippen MR) is 43.4 cm³/mol. The molecular weight excluding hydrogens is 152 g/mol. The van der Waals surface area contributed by atoms with Gasteiger partial charge in [-0.1, -0.05) is 6.07 Å². The molecule has 0 bridgehead atoms. The van der Waals surface area contributed by atoms with Crippen LogP contribution in [0.4, 0.5) is 0 Å². The Bertz CT molecular complexity index is 327. The predicted octanol–water partition coefficient (Wildman–Crippen LogP) is 0.790. The third kappa shape index (κ3) is 1.47. The minimum absolute atomic E-state index is 0.709. The first kappa shape index (κ1) is 6.97. The highest BCUT2D eigenvalue weighted by molar-refractivity contribution is 5.08. The molecule has 4 nitrogen and oxygen atoms in total. The lowest BCUT2D eigenvalue weighted by molar-refractivity contribution is 0.942. The van der Waals surface area contributed by atoms with E-state index in [0.29, 0.717) is 6.42 Å². The second-order valence-corrected chi connectivity index (χ2v) is 2.43. The molecule has 4 heteroatoms. The van der Waals surface area contributed by atoms with E-state index < -0.39 is 0 Å². The van der Waals surface area contributed by atoms with Crippen LogP contribution in [0.1, 0.15) is 11.5 Å². The van der Waals surface area contributed by atoms with Crippen molar-refractivity contribution in [2.45, 2.75) is 6.42 Å². The van der Waals surface area contributed by atoms with Crippen LogP contribution in [0.5, 0.6) is 0 Å². The van der Waals surface area contributed by atoms with E-state index in [2.05, 4.69) is 20.2 Å². The van der Waals surface area contributed by atoms with Gasteiger partial charge in [0.15, 0.2) is 0 Å². The van der Waals surface area contributed by atoms with E-state index in [0.717, 1.165) is 11.5 Å². The molecule has 2 heterocycles. The second-order valence-electron chi connectivity index (χ2n) is 2.43. The molecule has 0 aromatic carbocycles. The van der Waals surface area contributed by atoms with Gasteiger partial charge in [0.05, 0.1) is 0 Å². The number of nitrogens with zero attached hydrogens (tertiary/aromatic N) is 3. The van der Waals surface area contributed by atoms with Gasteiger partial charge in [0.2, 0.25) is 0 Å². The van der Waals surface area contributed by atoms with E-state index in [1.807, 2.05) is 18.2 Å². The monoisotopic (exact) mass is 160 g/mol. The summed E-state index contributed by atoms with van der Waals surface area (Å²) in [6, 6.07) is 5.81. The average molecular weight is 160 g/mol. The molecule has 0 atom stereocenters. The Morgan fingerprint density at radius 1 is 1.25 bits per heavy atom. The Hall–Kier alpha value is -1.71.